The summed E-state index contributed by atoms with van der Waals surface area (Å²) in [5.41, 5.74) is 1.29. The van der Waals surface area contributed by atoms with Crippen LogP contribution in [0.5, 0.6) is 0 Å². The van der Waals surface area contributed by atoms with Gasteiger partial charge in [-0.25, -0.2) is 8.42 Å². The monoisotopic (exact) mass is 411 g/mol. The van der Waals surface area contributed by atoms with Crippen LogP contribution in [0.3, 0.4) is 0 Å². The van der Waals surface area contributed by atoms with Crippen molar-refractivity contribution in [1.82, 2.24) is 0 Å². The molecule has 0 heterocycles. The van der Waals surface area contributed by atoms with E-state index in [2.05, 4.69) is 0 Å². The van der Waals surface area contributed by atoms with Gasteiger partial charge in [0.05, 0.1) is 21.1 Å². The van der Waals surface area contributed by atoms with Crippen molar-refractivity contribution in [3.8, 4) is 0 Å². The van der Waals surface area contributed by atoms with Gasteiger partial charge in [-0.1, -0.05) is 0 Å². The summed E-state index contributed by atoms with van der Waals surface area (Å²) in [5.74, 6) is -2.06. The number of nitro benzene ring substituents is 2. The largest absolute Gasteiger partial charge is 0.397 e. The van der Waals surface area contributed by atoms with Crippen LogP contribution in [0.15, 0.2) is 29.2 Å². The van der Waals surface area contributed by atoms with Gasteiger partial charge in [0.1, 0.15) is 10.5 Å². The van der Waals surface area contributed by atoms with E-state index in [0.29, 0.717) is 6.07 Å². The van der Waals surface area contributed by atoms with Crippen LogP contribution in [0.4, 0.5) is 17.1 Å². The number of non-ortho nitro benzene ring substituents is 1. The third kappa shape index (κ3) is 2.71. The van der Waals surface area contributed by atoms with Crippen LogP contribution in [0.1, 0.15) is 31.8 Å². The van der Waals surface area contributed by atoms with E-state index in [-0.39, 0.29) is 5.56 Å². The number of halogens is 1. The van der Waals surface area contributed by atoms with Crippen LogP contribution >= 0.6 is 10.7 Å². The first-order valence-corrected chi connectivity index (χ1v) is 9.19. The molecule has 3 rings (SSSR count). The molecule has 0 saturated heterocycles. The molecule has 0 spiro atoms. The highest BCUT2D eigenvalue weighted by Gasteiger charge is 2.40. The third-order valence-electron chi connectivity index (χ3n) is 3.93. The molecule has 138 valence electrons. The van der Waals surface area contributed by atoms with Crippen molar-refractivity contribution >= 4 is 48.4 Å². The quantitative estimate of drug-likeness (QED) is 0.290. The highest BCUT2D eigenvalue weighted by atomic mass is 35.7. The van der Waals surface area contributed by atoms with Crippen molar-refractivity contribution in [2.45, 2.75) is 4.90 Å². The Morgan fingerprint density at radius 1 is 0.926 bits per heavy atom. The summed E-state index contributed by atoms with van der Waals surface area (Å²) < 4.78 is 23.3. The number of nitrogens with two attached hydrogens (primary N) is 1. The molecule has 0 bridgehead atoms. The Labute approximate surface area is 154 Å². The number of hydrogen-bond donors (Lipinski definition) is 1. The molecule has 27 heavy (non-hydrogen) atoms. The maximum Gasteiger partial charge on any atom is 0.282 e. The number of nitrogen functional groups attached to an aromatic ring is 1. The standard InChI is InChI=1S/C14H6ClN3O8S/c15-27(25,26)9-4-8(18(23)24)10-11(12(9)16)13(19)6-2-1-5(17(21)22)3-7(6)14(10)20/h1-4H,16H2. The summed E-state index contributed by atoms with van der Waals surface area (Å²) in [5, 5.41) is 22.3. The van der Waals surface area contributed by atoms with E-state index >= 15 is 0 Å². The first-order chi connectivity index (χ1) is 12.4. The van der Waals surface area contributed by atoms with E-state index in [4.69, 9.17) is 16.4 Å². The fourth-order valence-corrected chi connectivity index (χ4v) is 3.77. The molecule has 2 aromatic carbocycles. The van der Waals surface area contributed by atoms with Crippen molar-refractivity contribution in [3.63, 3.8) is 0 Å². The molecule has 2 aromatic rings. The Kier molecular flexibility index (Phi) is 3.97. The Bertz CT molecular complexity index is 1210. The lowest BCUT2D eigenvalue weighted by Gasteiger charge is -2.19. The SMILES string of the molecule is Nc1c(S(=O)(=O)Cl)cc([N+](=O)[O-])c2c1C(=O)c1ccc([N+](=O)[O-])cc1C2=O. The second-order valence-corrected chi connectivity index (χ2v) is 7.93. The van der Waals surface area contributed by atoms with Crippen molar-refractivity contribution in [1.29, 1.82) is 0 Å². The Hall–Kier alpha value is -3.38. The van der Waals surface area contributed by atoms with Gasteiger partial charge in [-0.2, -0.15) is 0 Å². The van der Waals surface area contributed by atoms with E-state index in [0.717, 1.165) is 18.2 Å². The molecule has 0 saturated carbocycles. The Balaban J connectivity index is 2.45. The number of rotatable bonds is 3. The maximum absolute atomic E-state index is 12.7. The molecule has 13 heteroatoms. The van der Waals surface area contributed by atoms with Gasteiger partial charge in [0.15, 0.2) is 5.78 Å². The predicted molar refractivity (Wildman–Crippen MR) is 90.5 cm³/mol. The lowest BCUT2D eigenvalue weighted by atomic mass is 9.82. The molecular weight excluding hydrogens is 406 g/mol. The number of hydrogen-bond acceptors (Lipinski definition) is 9. The van der Waals surface area contributed by atoms with Gasteiger partial charge in [-0.15, -0.1) is 0 Å². The lowest BCUT2D eigenvalue weighted by molar-refractivity contribution is -0.385. The minimum Gasteiger partial charge on any atom is -0.397 e. The highest BCUT2D eigenvalue weighted by Crippen LogP contribution is 2.41. The number of nitro groups is 2. The van der Waals surface area contributed by atoms with Crippen molar-refractivity contribution in [2.24, 2.45) is 0 Å². The van der Waals surface area contributed by atoms with Crippen LogP contribution in [-0.2, 0) is 9.05 Å². The zero-order chi connectivity index (χ0) is 20.3. The minimum absolute atomic E-state index is 0.303. The lowest BCUT2D eigenvalue weighted by Crippen LogP contribution is -2.25. The summed E-state index contributed by atoms with van der Waals surface area (Å²) >= 11 is 0. The molecule has 1 aliphatic rings. The molecule has 0 aliphatic heterocycles. The second-order valence-electron chi connectivity index (χ2n) is 5.40. The van der Waals surface area contributed by atoms with Gasteiger partial charge in [-0.3, -0.25) is 29.8 Å². The van der Waals surface area contributed by atoms with E-state index in [1.54, 1.807) is 0 Å². The summed E-state index contributed by atoms with van der Waals surface area (Å²) in [4.78, 5) is 45.0. The van der Waals surface area contributed by atoms with Crippen LogP contribution in [0, 0.1) is 20.2 Å². The van der Waals surface area contributed by atoms with E-state index in [9.17, 15) is 38.2 Å². The topological polar surface area (TPSA) is 181 Å². The first kappa shape index (κ1) is 18.4. The summed E-state index contributed by atoms with van der Waals surface area (Å²) in [6.45, 7) is 0. The molecular formula is C14H6ClN3O8S. The molecule has 0 fully saturated rings. The number of nitrogens with zero attached hydrogens (tertiary/aromatic N) is 2. The smallest absolute Gasteiger partial charge is 0.282 e. The van der Waals surface area contributed by atoms with E-state index < -0.39 is 69.1 Å². The van der Waals surface area contributed by atoms with E-state index in [1.807, 2.05) is 0 Å². The molecule has 1 aliphatic carbocycles. The fourth-order valence-electron chi connectivity index (χ4n) is 2.77. The van der Waals surface area contributed by atoms with Crippen molar-refractivity contribution < 1.29 is 27.9 Å². The molecule has 0 aromatic heterocycles. The molecule has 0 atom stereocenters. The molecule has 0 unspecified atom stereocenters. The number of benzene rings is 2. The maximum atomic E-state index is 12.7. The van der Waals surface area contributed by atoms with Crippen LogP contribution in [0.2, 0.25) is 0 Å². The number of anilines is 1. The van der Waals surface area contributed by atoms with Gasteiger partial charge in [0.2, 0.25) is 5.78 Å². The van der Waals surface area contributed by atoms with Crippen molar-refractivity contribution in [3.05, 3.63) is 66.7 Å². The van der Waals surface area contributed by atoms with Gasteiger partial charge >= 0.3 is 0 Å². The molecule has 0 radical (unpaired) electrons. The summed E-state index contributed by atoms with van der Waals surface area (Å²) in [6, 6.07) is 3.24. The molecule has 0 amide bonds. The Morgan fingerprint density at radius 2 is 1.52 bits per heavy atom. The van der Waals surface area contributed by atoms with Gasteiger partial charge in [0, 0.05) is 40.0 Å². The normalized spacial score (nSPS) is 13.1. The number of carbonyl (C=O) groups is 2. The zero-order valence-electron chi connectivity index (χ0n) is 12.8. The molecule has 2 N–H and O–H groups in total. The fraction of sp³-hybridized carbons (Fsp3) is 0. The van der Waals surface area contributed by atoms with Crippen LogP contribution in [0.25, 0.3) is 0 Å². The van der Waals surface area contributed by atoms with E-state index in [1.165, 1.54) is 0 Å². The van der Waals surface area contributed by atoms with Gasteiger partial charge < -0.3 is 5.73 Å². The summed E-state index contributed by atoms with van der Waals surface area (Å²) in [6.07, 6.45) is 0. The third-order valence-corrected chi connectivity index (χ3v) is 5.29. The summed E-state index contributed by atoms with van der Waals surface area (Å²) in [7, 11) is 0.652. The highest BCUT2D eigenvalue weighted by molar-refractivity contribution is 8.13. The first-order valence-electron chi connectivity index (χ1n) is 6.88. The van der Waals surface area contributed by atoms with Crippen LogP contribution in [-0.4, -0.2) is 29.8 Å². The Morgan fingerprint density at radius 3 is 2.04 bits per heavy atom. The number of fused-ring (bicyclic) bond motifs is 2. The predicted octanol–water partition coefficient (Wildman–Crippen LogP) is 1.79. The zero-order valence-corrected chi connectivity index (χ0v) is 14.4. The van der Waals surface area contributed by atoms with Crippen LogP contribution < -0.4 is 5.73 Å². The second kappa shape index (κ2) is 5.82. The minimum atomic E-state index is -4.57. The van der Waals surface area contributed by atoms with Gasteiger partial charge in [0.25, 0.3) is 20.4 Å². The van der Waals surface area contributed by atoms with Gasteiger partial charge in [-0.05, 0) is 6.07 Å². The van der Waals surface area contributed by atoms with Crippen molar-refractivity contribution in [2.75, 3.05) is 5.73 Å². The number of carbonyl (C=O) groups excluding carboxylic acids is 2. The number of ketones is 2. The molecule has 11 nitrogen and oxygen atoms in total. The average molecular weight is 412 g/mol. The average Bonchev–Trinajstić information content (AvgIpc) is 2.57.